The second-order valence-electron chi connectivity index (χ2n) is 7.41. The first-order valence-electron chi connectivity index (χ1n) is 9.79. The summed E-state index contributed by atoms with van der Waals surface area (Å²) in [7, 11) is 0. The predicted molar refractivity (Wildman–Crippen MR) is 115 cm³/mol. The van der Waals surface area contributed by atoms with Gasteiger partial charge in [0.2, 0.25) is 5.91 Å². The maximum atomic E-state index is 13.2. The van der Waals surface area contributed by atoms with Gasteiger partial charge >= 0.3 is 5.69 Å². The summed E-state index contributed by atoms with van der Waals surface area (Å²) in [5.74, 6) is 1.38. The SMILES string of the molecule is Cc1nc(=O)[nH]c(C)c1CCC(=O)N1Cc2ccccc2Oc2cccc(Cl)c2C1. The molecule has 30 heavy (non-hydrogen) atoms. The molecule has 1 N–H and O–H groups in total. The lowest BCUT2D eigenvalue weighted by molar-refractivity contribution is -0.132. The number of hydrogen-bond donors (Lipinski definition) is 1. The summed E-state index contributed by atoms with van der Waals surface area (Å²) >= 11 is 6.43. The van der Waals surface area contributed by atoms with Gasteiger partial charge in [-0.15, -0.1) is 0 Å². The number of nitrogens with one attached hydrogen (secondary N) is 1. The van der Waals surface area contributed by atoms with Crippen LogP contribution in [0.4, 0.5) is 0 Å². The van der Waals surface area contributed by atoms with E-state index in [2.05, 4.69) is 9.97 Å². The van der Waals surface area contributed by atoms with Crippen molar-refractivity contribution >= 4 is 17.5 Å². The number of benzene rings is 2. The number of ether oxygens (including phenoxy) is 1. The summed E-state index contributed by atoms with van der Waals surface area (Å²) in [6, 6.07) is 13.2. The molecule has 0 unspecified atom stereocenters. The molecule has 0 fully saturated rings. The van der Waals surface area contributed by atoms with Gasteiger partial charge < -0.3 is 14.6 Å². The zero-order valence-corrected chi connectivity index (χ0v) is 17.6. The van der Waals surface area contributed by atoms with Crippen molar-refractivity contribution in [3.8, 4) is 11.5 Å². The van der Waals surface area contributed by atoms with E-state index in [9.17, 15) is 9.59 Å². The molecule has 4 rings (SSSR count). The van der Waals surface area contributed by atoms with Gasteiger partial charge in [-0.2, -0.15) is 4.98 Å². The summed E-state index contributed by atoms with van der Waals surface area (Å²) in [4.78, 5) is 33.2. The van der Waals surface area contributed by atoms with Crippen molar-refractivity contribution in [2.24, 2.45) is 0 Å². The van der Waals surface area contributed by atoms with Crippen LogP contribution in [0.5, 0.6) is 11.5 Å². The number of para-hydroxylation sites is 1. The molecule has 0 bridgehead atoms. The molecule has 0 radical (unpaired) electrons. The lowest BCUT2D eigenvalue weighted by atomic mass is 10.0. The Morgan fingerprint density at radius 2 is 1.90 bits per heavy atom. The van der Waals surface area contributed by atoms with E-state index in [0.717, 1.165) is 28.1 Å². The first-order valence-corrected chi connectivity index (χ1v) is 10.2. The first-order chi connectivity index (χ1) is 14.4. The van der Waals surface area contributed by atoms with Gasteiger partial charge in [0.05, 0.1) is 6.54 Å². The lowest BCUT2D eigenvalue weighted by Gasteiger charge is -2.28. The quantitative estimate of drug-likeness (QED) is 0.681. The number of carbonyl (C=O) groups excluding carboxylic acids is 1. The topological polar surface area (TPSA) is 75.3 Å². The molecular weight excluding hydrogens is 402 g/mol. The standard InChI is InChI=1S/C23H22ClN3O3/c1-14-17(15(2)26-23(29)25-14)10-11-22(28)27-12-16-6-3-4-8-20(16)30-21-9-5-7-19(24)18(21)13-27/h3-9H,10-13H2,1-2H3,(H,25,26,29). The maximum absolute atomic E-state index is 13.2. The van der Waals surface area contributed by atoms with Gasteiger partial charge in [0.25, 0.3) is 0 Å². The Bertz CT molecular complexity index is 1150. The molecule has 1 aliphatic rings. The third kappa shape index (κ3) is 4.09. The molecule has 1 aromatic heterocycles. The Labute approximate surface area is 179 Å². The van der Waals surface area contributed by atoms with Gasteiger partial charge in [-0.3, -0.25) is 4.79 Å². The highest BCUT2D eigenvalue weighted by Gasteiger charge is 2.23. The van der Waals surface area contributed by atoms with Crippen LogP contribution in [0.25, 0.3) is 0 Å². The largest absolute Gasteiger partial charge is 0.457 e. The molecule has 0 saturated heterocycles. The number of aromatic amines is 1. The fourth-order valence-electron chi connectivity index (χ4n) is 3.78. The fourth-order valence-corrected chi connectivity index (χ4v) is 4.01. The molecule has 7 heteroatoms. The highest BCUT2D eigenvalue weighted by molar-refractivity contribution is 6.31. The zero-order chi connectivity index (χ0) is 21.3. The molecule has 2 heterocycles. The van der Waals surface area contributed by atoms with E-state index in [4.69, 9.17) is 16.3 Å². The third-order valence-electron chi connectivity index (χ3n) is 5.37. The predicted octanol–water partition coefficient (Wildman–Crippen LogP) is 4.31. The summed E-state index contributed by atoms with van der Waals surface area (Å²) in [5, 5.41) is 0.571. The Morgan fingerprint density at radius 3 is 2.70 bits per heavy atom. The summed E-state index contributed by atoms with van der Waals surface area (Å²) in [6.07, 6.45) is 0.808. The first kappa shape index (κ1) is 20.2. The van der Waals surface area contributed by atoms with Crippen molar-refractivity contribution in [1.29, 1.82) is 0 Å². The van der Waals surface area contributed by atoms with Gasteiger partial charge in [-0.25, -0.2) is 4.79 Å². The smallest absolute Gasteiger partial charge is 0.345 e. The van der Waals surface area contributed by atoms with Crippen LogP contribution in [0.1, 0.15) is 34.5 Å². The molecule has 1 aliphatic heterocycles. The van der Waals surface area contributed by atoms with E-state index in [1.807, 2.05) is 43.3 Å². The van der Waals surface area contributed by atoms with Crippen LogP contribution in [0.15, 0.2) is 47.3 Å². The van der Waals surface area contributed by atoms with Gasteiger partial charge in [-0.1, -0.05) is 35.9 Å². The summed E-state index contributed by atoms with van der Waals surface area (Å²) < 4.78 is 6.10. The van der Waals surface area contributed by atoms with Crippen LogP contribution in [0.3, 0.4) is 0 Å². The van der Waals surface area contributed by atoms with Crippen molar-refractivity contribution in [3.05, 3.63) is 86.0 Å². The molecule has 1 amide bonds. The normalized spacial score (nSPS) is 13.0. The number of amides is 1. The monoisotopic (exact) mass is 423 g/mol. The number of hydrogen-bond acceptors (Lipinski definition) is 4. The van der Waals surface area contributed by atoms with Crippen LogP contribution in [0.2, 0.25) is 5.02 Å². The molecule has 2 aromatic carbocycles. The summed E-state index contributed by atoms with van der Waals surface area (Å²) in [5.41, 5.74) is 3.67. The van der Waals surface area contributed by atoms with Crippen LogP contribution < -0.4 is 10.4 Å². The number of nitrogens with zero attached hydrogens (tertiary/aromatic N) is 2. The number of H-pyrrole nitrogens is 1. The number of aromatic nitrogens is 2. The van der Waals surface area contributed by atoms with Crippen LogP contribution in [-0.4, -0.2) is 20.8 Å². The zero-order valence-electron chi connectivity index (χ0n) is 16.9. The average Bonchev–Trinajstić information content (AvgIpc) is 2.68. The minimum absolute atomic E-state index is 0.00238. The minimum atomic E-state index is -0.369. The van der Waals surface area contributed by atoms with Crippen LogP contribution in [0, 0.1) is 13.8 Å². The fraction of sp³-hybridized carbons (Fsp3) is 0.261. The second kappa shape index (κ2) is 8.32. The van der Waals surface area contributed by atoms with E-state index < -0.39 is 0 Å². The molecular formula is C23H22ClN3O3. The van der Waals surface area contributed by atoms with E-state index in [-0.39, 0.29) is 11.6 Å². The Kier molecular flexibility index (Phi) is 5.59. The van der Waals surface area contributed by atoms with E-state index in [1.54, 1.807) is 17.9 Å². The molecule has 6 nitrogen and oxygen atoms in total. The van der Waals surface area contributed by atoms with Gasteiger partial charge in [0, 0.05) is 40.5 Å². The molecule has 0 spiro atoms. The van der Waals surface area contributed by atoms with Crippen LogP contribution >= 0.6 is 11.6 Å². The van der Waals surface area contributed by atoms with Gasteiger partial charge in [0.1, 0.15) is 11.5 Å². The van der Waals surface area contributed by atoms with Gasteiger partial charge in [-0.05, 0) is 44.0 Å². The molecule has 3 aromatic rings. The minimum Gasteiger partial charge on any atom is -0.457 e. The Hall–Kier alpha value is -3.12. The number of aryl methyl sites for hydroxylation is 2. The van der Waals surface area contributed by atoms with Gasteiger partial charge in [0.15, 0.2) is 0 Å². The number of halogens is 1. The van der Waals surface area contributed by atoms with Crippen molar-refractivity contribution in [1.82, 2.24) is 14.9 Å². The number of rotatable bonds is 3. The second-order valence-corrected chi connectivity index (χ2v) is 7.81. The van der Waals surface area contributed by atoms with Crippen molar-refractivity contribution in [3.63, 3.8) is 0 Å². The molecule has 0 aliphatic carbocycles. The van der Waals surface area contributed by atoms with Crippen molar-refractivity contribution in [2.75, 3.05) is 0 Å². The van der Waals surface area contributed by atoms with E-state index in [0.29, 0.717) is 42.4 Å². The molecule has 0 saturated carbocycles. The number of carbonyl (C=O) groups is 1. The van der Waals surface area contributed by atoms with E-state index >= 15 is 0 Å². The third-order valence-corrected chi connectivity index (χ3v) is 5.73. The summed E-state index contributed by atoms with van der Waals surface area (Å²) in [6.45, 7) is 4.42. The Morgan fingerprint density at radius 1 is 1.13 bits per heavy atom. The van der Waals surface area contributed by atoms with Crippen molar-refractivity contribution in [2.45, 2.75) is 39.8 Å². The number of fused-ring (bicyclic) bond motifs is 2. The Balaban J connectivity index is 1.62. The van der Waals surface area contributed by atoms with E-state index in [1.165, 1.54) is 0 Å². The van der Waals surface area contributed by atoms with Crippen molar-refractivity contribution < 1.29 is 9.53 Å². The van der Waals surface area contributed by atoms with Crippen LogP contribution in [-0.2, 0) is 24.3 Å². The highest BCUT2D eigenvalue weighted by Crippen LogP contribution is 2.36. The average molecular weight is 424 g/mol. The molecule has 154 valence electrons. The highest BCUT2D eigenvalue weighted by atomic mass is 35.5. The lowest BCUT2D eigenvalue weighted by Crippen LogP contribution is -2.31. The maximum Gasteiger partial charge on any atom is 0.345 e. The molecule has 0 atom stereocenters.